The molecule has 1 nitrogen and oxygen atoms in total. The average Bonchev–Trinajstić information content (AvgIpc) is 2.32. The summed E-state index contributed by atoms with van der Waals surface area (Å²) in [6, 6.07) is 3.69. The molecule has 1 aromatic heterocycles. The van der Waals surface area contributed by atoms with Gasteiger partial charge in [-0.25, -0.2) is 0 Å². The van der Waals surface area contributed by atoms with Gasteiger partial charge in [-0.2, -0.15) is 0 Å². The van der Waals surface area contributed by atoms with Crippen LogP contribution in [0, 0.1) is 5.41 Å². The van der Waals surface area contributed by atoms with Crippen LogP contribution in [0.25, 0.3) is 0 Å². The highest BCUT2D eigenvalue weighted by Gasteiger charge is 2.24. The van der Waals surface area contributed by atoms with Crippen LogP contribution in [0.1, 0.15) is 31.8 Å². The van der Waals surface area contributed by atoms with E-state index in [2.05, 4.69) is 0 Å². The molecule has 68 valence electrons. The second-order valence-electron chi connectivity index (χ2n) is 3.91. The number of thiophene rings is 1. The van der Waals surface area contributed by atoms with Gasteiger partial charge in [-0.3, -0.25) is 0 Å². The normalized spacial score (nSPS) is 14.8. The first-order valence-corrected chi connectivity index (χ1v) is 5.04. The van der Waals surface area contributed by atoms with Crippen molar-refractivity contribution >= 4 is 22.9 Å². The quantitative estimate of drug-likeness (QED) is 0.743. The molecule has 0 saturated carbocycles. The van der Waals surface area contributed by atoms with Gasteiger partial charge in [0.25, 0.3) is 0 Å². The fourth-order valence-electron chi connectivity index (χ4n) is 0.902. The van der Waals surface area contributed by atoms with Crippen molar-refractivity contribution in [2.24, 2.45) is 5.41 Å². The van der Waals surface area contributed by atoms with E-state index in [-0.39, 0.29) is 5.41 Å². The van der Waals surface area contributed by atoms with Crippen LogP contribution >= 0.6 is 22.9 Å². The number of hydrogen-bond donors (Lipinski definition) is 1. The summed E-state index contributed by atoms with van der Waals surface area (Å²) >= 11 is 7.20. The molecule has 0 aromatic carbocycles. The van der Waals surface area contributed by atoms with Crippen LogP contribution in [0.15, 0.2) is 12.1 Å². The maximum absolute atomic E-state index is 9.82. The summed E-state index contributed by atoms with van der Waals surface area (Å²) in [5.41, 5.74) is -0.117. The Hall–Kier alpha value is -0.0500. The van der Waals surface area contributed by atoms with Gasteiger partial charge in [0.2, 0.25) is 0 Å². The molecule has 0 saturated heterocycles. The van der Waals surface area contributed by atoms with Crippen molar-refractivity contribution in [3.05, 3.63) is 21.3 Å². The van der Waals surface area contributed by atoms with E-state index in [0.717, 1.165) is 9.21 Å². The van der Waals surface area contributed by atoms with Gasteiger partial charge in [0.15, 0.2) is 0 Å². The fourth-order valence-corrected chi connectivity index (χ4v) is 2.19. The molecule has 1 rings (SSSR count). The second-order valence-corrected chi connectivity index (χ2v) is 5.66. The number of halogens is 1. The summed E-state index contributed by atoms with van der Waals surface area (Å²) in [5.74, 6) is 0. The molecule has 0 aliphatic rings. The number of rotatable bonds is 1. The molecule has 12 heavy (non-hydrogen) atoms. The molecule has 0 amide bonds. The largest absolute Gasteiger partial charge is 0.387 e. The maximum Gasteiger partial charge on any atom is 0.0932 e. The van der Waals surface area contributed by atoms with Gasteiger partial charge in [0.05, 0.1) is 10.4 Å². The Balaban J connectivity index is 2.85. The maximum atomic E-state index is 9.82. The predicted octanol–water partition coefficient (Wildman–Crippen LogP) is 3.48. The smallest absolute Gasteiger partial charge is 0.0932 e. The standard InChI is InChI=1S/C9H13ClOS/c1-9(2,3)8(11)6-4-5-7(10)12-6/h4-5,8,11H,1-3H3. The van der Waals surface area contributed by atoms with Crippen molar-refractivity contribution in [2.45, 2.75) is 26.9 Å². The summed E-state index contributed by atoms with van der Waals surface area (Å²) in [4.78, 5) is 0.938. The summed E-state index contributed by atoms with van der Waals surface area (Å²) in [6.45, 7) is 6.02. The van der Waals surface area contributed by atoms with E-state index in [9.17, 15) is 5.11 Å². The van der Waals surface area contributed by atoms with Crippen LogP contribution in [0.5, 0.6) is 0 Å². The lowest BCUT2D eigenvalue weighted by Crippen LogP contribution is -2.16. The van der Waals surface area contributed by atoms with Crippen molar-refractivity contribution in [3.8, 4) is 0 Å². The van der Waals surface area contributed by atoms with Crippen molar-refractivity contribution in [2.75, 3.05) is 0 Å². The highest BCUT2D eigenvalue weighted by atomic mass is 35.5. The Labute approximate surface area is 82.0 Å². The minimum absolute atomic E-state index is 0.117. The molecule has 0 aliphatic carbocycles. The van der Waals surface area contributed by atoms with Crippen molar-refractivity contribution in [1.82, 2.24) is 0 Å². The Kier molecular flexibility index (Phi) is 2.81. The van der Waals surface area contributed by atoms with Crippen LogP contribution in [0.3, 0.4) is 0 Å². The summed E-state index contributed by atoms with van der Waals surface area (Å²) < 4.78 is 0.730. The van der Waals surface area contributed by atoms with Gasteiger partial charge >= 0.3 is 0 Å². The topological polar surface area (TPSA) is 20.2 Å². The molecule has 1 atom stereocenters. The molecule has 0 radical (unpaired) electrons. The molecule has 0 bridgehead atoms. The highest BCUT2D eigenvalue weighted by molar-refractivity contribution is 7.16. The van der Waals surface area contributed by atoms with Crippen LogP contribution < -0.4 is 0 Å². The third kappa shape index (κ3) is 2.22. The molecule has 1 unspecified atom stereocenters. The summed E-state index contributed by atoms with van der Waals surface area (Å²) in [7, 11) is 0. The van der Waals surface area contributed by atoms with E-state index in [1.807, 2.05) is 32.9 Å². The number of aliphatic hydroxyl groups excluding tert-OH is 1. The molecule has 1 aromatic rings. The number of aliphatic hydroxyl groups is 1. The summed E-state index contributed by atoms with van der Waals surface area (Å²) in [5, 5.41) is 9.82. The van der Waals surface area contributed by atoms with E-state index in [1.165, 1.54) is 11.3 Å². The Morgan fingerprint density at radius 3 is 2.33 bits per heavy atom. The molecule has 3 heteroatoms. The number of hydrogen-bond acceptors (Lipinski definition) is 2. The van der Waals surface area contributed by atoms with Crippen LogP contribution in [-0.2, 0) is 0 Å². The van der Waals surface area contributed by atoms with Crippen molar-refractivity contribution in [3.63, 3.8) is 0 Å². The molecular formula is C9H13ClOS. The Bertz CT molecular complexity index is 262. The third-order valence-electron chi connectivity index (χ3n) is 1.68. The fraction of sp³-hybridized carbons (Fsp3) is 0.556. The zero-order valence-electron chi connectivity index (χ0n) is 7.47. The van der Waals surface area contributed by atoms with Gasteiger partial charge in [0, 0.05) is 4.88 Å². The molecule has 1 N–H and O–H groups in total. The molecular weight excluding hydrogens is 192 g/mol. The first-order chi connectivity index (χ1) is 5.41. The van der Waals surface area contributed by atoms with E-state index in [1.54, 1.807) is 0 Å². The summed E-state index contributed by atoms with van der Waals surface area (Å²) in [6.07, 6.45) is -0.421. The molecule has 1 heterocycles. The average molecular weight is 205 g/mol. The Morgan fingerprint density at radius 1 is 1.42 bits per heavy atom. The van der Waals surface area contributed by atoms with Gasteiger partial charge in [0.1, 0.15) is 0 Å². The monoisotopic (exact) mass is 204 g/mol. The van der Waals surface area contributed by atoms with Gasteiger partial charge in [-0.15, -0.1) is 11.3 Å². The van der Waals surface area contributed by atoms with E-state index in [4.69, 9.17) is 11.6 Å². The lowest BCUT2D eigenvalue weighted by molar-refractivity contribution is 0.0658. The molecule has 0 fully saturated rings. The minimum atomic E-state index is -0.421. The van der Waals surface area contributed by atoms with Crippen molar-refractivity contribution < 1.29 is 5.11 Å². The van der Waals surface area contributed by atoms with Crippen molar-refractivity contribution in [1.29, 1.82) is 0 Å². The molecule has 0 aliphatic heterocycles. The van der Waals surface area contributed by atoms with Crippen LogP contribution in [0.4, 0.5) is 0 Å². The lowest BCUT2D eigenvalue weighted by Gasteiger charge is -2.24. The predicted molar refractivity (Wildman–Crippen MR) is 53.7 cm³/mol. The lowest BCUT2D eigenvalue weighted by atomic mass is 9.88. The van der Waals surface area contributed by atoms with E-state index < -0.39 is 6.10 Å². The van der Waals surface area contributed by atoms with E-state index in [0.29, 0.717) is 0 Å². The van der Waals surface area contributed by atoms with Crippen LogP contribution in [0.2, 0.25) is 4.34 Å². The third-order valence-corrected chi connectivity index (χ3v) is 2.97. The first kappa shape index (κ1) is 10.0. The SMILES string of the molecule is CC(C)(C)C(O)c1ccc(Cl)s1. The van der Waals surface area contributed by atoms with Gasteiger partial charge in [-0.1, -0.05) is 32.4 Å². The van der Waals surface area contributed by atoms with Gasteiger partial charge < -0.3 is 5.11 Å². The zero-order valence-corrected chi connectivity index (χ0v) is 9.04. The second kappa shape index (κ2) is 3.36. The first-order valence-electron chi connectivity index (χ1n) is 3.84. The van der Waals surface area contributed by atoms with E-state index >= 15 is 0 Å². The molecule has 0 spiro atoms. The van der Waals surface area contributed by atoms with Gasteiger partial charge in [-0.05, 0) is 17.5 Å². The highest BCUT2D eigenvalue weighted by Crippen LogP contribution is 2.37. The van der Waals surface area contributed by atoms with Crippen LogP contribution in [-0.4, -0.2) is 5.11 Å². The Morgan fingerprint density at radius 2 is 2.00 bits per heavy atom. The minimum Gasteiger partial charge on any atom is -0.387 e. The zero-order chi connectivity index (χ0) is 9.35.